The summed E-state index contributed by atoms with van der Waals surface area (Å²) in [5.41, 5.74) is 7.12. The largest absolute Gasteiger partial charge is 0.380 e. The molecule has 0 saturated heterocycles. The van der Waals surface area contributed by atoms with Gasteiger partial charge in [-0.15, -0.1) is 0 Å². The molecule has 16 heavy (non-hydrogen) atoms. The molecule has 0 aromatic rings. The SMILES string of the molecule is COCC1=CCN(C(=O)[C@@H](N)C(C)C)CC1. The fourth-order valence-electron chi connectivity index (χ4n) is 1.72. The first-order chi connectivity index (χ1) is 7.56. The molecule has 1 atom stereocenters. The first kappa shape index (κ1) is 13.2. The average Bonchev–Trinajstić information content (AvgIpc) is 2.28. The summed E-state index contributed by atoms with van der Waals surface area (Å²) < 4.78 is 5.07. The summed E-state index contributed by atoms with van der Waals surface area (Å²) in [6, 6.07) is -0.377. The van der Waals surface area contributed by atoms with Crippen LogP contribution >= 0.6 is 0 Å². The van der Waals surface area contributed by atoms with E-state index >= 15 is 0 Å². The zero-order chi connectivity index (χ0) is 12.1. The number of rotatable bonds is 4. The first-order valence-corrected chi connectivity index (χ1v) is 5.77. The van der Waals surface area contributed by atoms with E-state index < -0.39 is 0 Å². The summed E-state index contributed by atoms with van der Waals surface area (Å²) in [6.07, 6.45) is 2.96. The Bertz CT molecular complexity index is 274. The zero-order valence-electron chi connectivity index (χ0n) is 10.4. The summed E-state index contributed by atoms with van der Waals surface area (Å²) in [4.78, 5) is 13.8. The molecule has 0 fully saturated rings. The molecule has 1 aliphatic rings. The van der Waals surface area contributed by atoms with Crippen molar-refractivity contribution in [2.24, 2.45) is 11.7 Å². The lowest BCUT2D eigenvalue weighted by Crippen LogP contribution is -2.48. The van der Waals surface area contributed by atoms with Crippen molar-refractivity contribution in [3.05, 3.63) is 11.6 Å². The predicted octanol–water partition coefficient (Wildman–Crippen LogP) is 0.775. The van der Waals surface area contributed by atoms with Gasteiger partial charge < -0.3 is 15.4 Å². The molecule has 0 unspecified atom stereocenters. The van der Waals surface area contributed by atoms with Crippen LogP contribution in [-0.4, -0.2) is 43.7 Å². The standard InChI is InChI=1S/C12H22N2O2/c1-9(2)11(13)12(15)14-6-4-10(5-7-14)8-16-3/h4,9,11H,5-8,13H2,1-3H3/t11-/m0/s1. The van der Waals surface area contributed by atoms with E-state index in [1.54, 1.807) is 7.11 Å². The van der Waals surface area contributed by atoms with E-state index in [0.717, 1.165) is 13.0 Å². The van der Waals surface area contributed by atoms with E-state index in [4.69, 9.17) is 10.5 Å². The Morgan fingerprint density at radius 1 is 1.62 bits per heavy atom. The highest BCUT2D eigenvalue weighted by Crippen LogP contribution is 2.13. The van der Waals surface area contributed by atoms with Gasteiger partial charge in [0, 0.05) is 20.2 Å². The molecule has 0 saturated carbocycles. The van der Waals surface area contributed by atoms with Crippen molar-refractivity contribution in [2.45, 2.75) is 26.3 Å². The van der Waals surface area contributed by atoms with Crippen LogP contribution in [0.5, 0.6) is 0 Å². The average molecular weight is 226 g/mol. The molecule has 0 aromatic carbocycles. The summed E-state index contributed by atoms with van der Waals surface area (Å²) in [7, 11) is 1.69. The van der Waals surface area contributed by atoms with Crippen molar-refractivity contribution >= 4 is 5.91 Å². The third-order valence-corrected chi connectivity index (χ3v) is 2.95. The minimum absolute atomic E-state index is 0.0581. The van der Waals surface area contributed by atoms with E-state index in [0.29, 0.717) is 13.2 Å². The van der Waals surface area contributed by atoms with Crippen molar-refractivity contribution in [1.82, 2.24) is 4.90 Å². The van der Waals surface area contributed by atoms with E-state index in [2.05, 4.69) is 6.08 Å². The molecule has 0 radical (unpaired) electrons. The Morgan fingerprint density at radius 2 is 2.31 bits per heavy atom. The van der Waals surface area contributed by atoms with Gasteiger partial charge in [-0.05, 0) is 17.9 Å². The maximum Gasteiger partial charge on any atom is 0.240 e. The summed E-state index contributed by atoms with van der Waals surface area (Å²) in [5.74, 6) is 0.250. The van der Waals surface area contributed by atoms with E-state index in [9.17, 15) is 4.79 Å². The molecule has 1 rings (SSSR count). The normalized spacial score (nSPS) is 18.6. The highest BCUT2D eigenvalue weighted by Gasteiger charge is 2.24. The molecule has 1 heterocycles. The van der Waals surface area contributed by atoms with Crippen LogP contribution in [0.4, 0.5) is 0 Å². The van der Waals surface area contributed by atoms with Crippen LogP contribution in [0.15, 0.2) is 11.6 Å². The van der Waals surface area contributed by atoms with E-state index in [-0.39, 0.29) is 17.9 Å². The van der Waals surface area contributed by atoms with Crippen LogP contribution in [0.3, 0.4) is 0 Å². The number of amides is 1. The Labute approximate surface area is 97.4 Å². The third kappa shape index (κ3) is 3.32. The molecule has 2 N–H and O–H groups in total. The highest BCUT2D eigenvalue weighted by molar-refractivity contribution is 5.82. The van der Waals surface area contributed by atoms with Crippen molar-refractivity contribution < 1.29 is 9.53 Å². The molecular formula is C12H22N2O2. The molecule has 1 amide bonds. The van der Waals surface area contributed by atoms with Gasteiger partial charge in [0.1, 0.15) is 0 Å². The fraction of sp³-hybridized carbons (Fsp3) is 0.750. The second-order valence-electron chi connectivity index (χ2n) is 4.60. The lowest BCUT2D eigenvalue weighted by atomic mass is 10.0. The molecule has 4 nitrogen and oxygen atoms in total. The first-order valence-electron chi connectivity index (χ1n) is 5.77. The Morgan fingerprint density at radius 3 is 2.75 bits per heavy atom. The second kappa shape index (κ2) is 6.01. The zero-order valence-corrected chi connectivity index (χ0v) is 10.4. The topological polar surface area (TPSA) is 55.6 Å². The number of nitrogens with zero attached hydrogens (tertiary/aromatic N) is 1. The molecule has 0 aromatic heterocycles. The molecule has 0 aliphatic carbocycles. The number of methoxy groups -OCH3 is 1. The Kier molecular flexibility index (Phi) is 4.96. The number of nitrogens with two attached hydrogens (primary N) is 1. The van der Waals surface area contributed by atoms with Crippen LogP contribution < -0.4 is 5.73 Å². The molecular weight excluding hydrogens is 204 g/mol. The monoisotopic (exact) mass is 226 g/mol. The molecule has 92 valence electrons. The smallest absolute Gasteiger partial charge is 0.240 e. The van der Waals surface area contributed by atoms with Crippen LogP contribution in [0.1, 0.15) is 20.3 Å². The molecule has 4 heteroatoms. The third-order valence-electron chi connectivity index (χ3n) is 2.95. The van der Waals surface area contributed by atoms with Gasteiger partial charge in [0.25, 0.3) is 0 Å². The molecule has 1 aliphatic heterocycles. The number of carbonyl (C=O) groups excluding carboxylic acids is 1. The summed E-state index contributed by atoms with van der Waals surface area (Å²) in [5, 5.41) is 0. The maximum absolute atomic E-state index is 11.9. The second-order valence-corrected chi connectivity index (χ2v) is 4.60. The molecule has 0 bridgehead atoms. The fourth-order valence-corrected chi connectivity index (χ4v) is 1.72. The lowest BCUT2D eigenvalue weighted by Gasteiger charge is -2.29. The van der Waals surface area contributed by atoms with Gasteiger partial charge in [0.2, 0.25) is 5.91 Å². The van der Waals surface area contributed by atoms with Gasteiger partial charge in [-0.3, -0.25) is 4.79 Å². The van der Waals surface area contributed by atoms with Crippen LogP contribution in [0.2, 0.25) is 0 Å². The van der Waals surface area contributed by atoms with Gasteiger partial charge >= 0.3 is 0 Å². The minimum Gasteiger partial charge on any atom is -0.380 e. The van der Waals surface area contributed by atoms with Crippen LogP contribution in [0.25, 0.3) is 0 Å². The van der Waals surface area contributed by atoms with Crippen molar-refractivity contribution in [3.8, 4) is 0 Å². The van der Waals surface area contributed by atoms with Gasteiger partial charge in [-0.2, -0.15) is 0 Å². The Hall–Kier alpha value is -0.870. The van der Waals surface area contributed by atoms with Crippen LogP contribution in [0, 0.1) is 5.92 Å². The quantitative estimate of drug-likeness (QED) is 0.721. The van der Waals surface area contributed by atoms with Crippen molar-refractivity contribution in [3.63, 3.8) is 0 Å². The van der Waals surface area contributed by atoms with Crippen LogP contribution in [-0.2, 0) is 9.53 Å². The highest BCUT2D eigenvalue weighted by atomic mass is 16.5. The predicted molar refractivity (Wildman–Crippen MR) is 64.0 cm³/mol. The van der Waals surface area contributed by atoms with E-state index in [1.165, 1.54) is 5.57 Å². The van der Waals surface area contributed by atoms with Gasteiger partial charge in [0.15, 0.2) is 0 Å². The molecule has 0 spiro atoms. The van der Waals surface area contributed by atoms with Crippen molar-refractivity contribution in [2.75, 3.05) is 26.8 Å². The van der Waals surface area contributed by atoms with E-state index in [1.807, 2.05) is 18.7 Å². The van der Waals surface area contributed by atoms with Crippen molar-refractivity contribution in [1.29, 1.82) is 0 Å². The number of hydrogen-bond acceptors (Lipinski definition) is 3. The van der Waals surface area contributed by atoms with Gasteiger partial charge in [-0.1, -0.05) is 19.9 Å². The summed E-state index contributed by atoms with van der Waals surface area (Å²) >= 11 is 0. The maximum atomic E-state index is 11.9. The summed E-state index contributed by atoms with van der Waals surface area (Å²) in [6.45, 7) is 6.03. The Balaban J connectivity index is 2.50. The number of carbonyl (C=O) groups is 1. The number of ether oxygens (including phenoxy) is 1. The number of hydrogen-bond donors (Lipinski definition) is 1. The lowest BCUT2D eigenvalue weighted by molar-refractivity contribution is -0.133. The van der Waals surface area contributed by atoms with Gasteiger partial charge in [-0.25, -0.2) is 0 Å². The van der Waals surface area contributed by atoms with Gasteiger partial charge in [0.05, 0.1) is 12.6 Å². The minimum atomic E-state index is -0.377.